The van der Waals surface area contributed by atoms with Gasteiger partial charge in [0.2, 0.25) is 21.8 Å². The molecule has 1 atom stereocenters. The Kier molecular flexibility index (Phi) is 8.73. The van der Waals surface area contributed by atoms with E-state index in [2.05, 4.69) is 5.32 Å². The first kappa shape index (κ1) is 25.0. The molecule has 0 radical (unpaired) electrons. The largest absolute Gasteiger partial charge is 0.357 e. The lowest BCUT2D eigenvalue weighted by molar-refractivity contribution is -0.138. The second-order valence-electron chi connectivity index (χ2n) is 6.98. The minimum absolute atomic E-state index is 0.167. The number of halogens is 2. The highest BCUT2D eigenvalue weighted by molar-refractivity contribution is 7.92. The van der Waals surface area contributed by atoms with E-state index in [1.165, 1.54) is 30.1 Å². The average molecular weight is 486 g/mol. The highest BCUT2D eigenvalue weighted by atomic mass is 35.5. The van der Waals surface area contributed by atoms with Crippen molar-refractivity contribution >= 4 is 50.7 Å². The number of hydrogen-bond donors (Lipinski definition) is 1. The van der Waals surface area contributed by atoms with Gasteiger partial charge in [-0.2, -0.15) is 0 Å². The average Bonchev–Trinajstić information content (AvgIpc) is 2.73. The summed E-state index contributed by atoms with van der Waals surface area (Å²) in [6.07, 6.45) is 1.51. The molecule has 2 aromatic rings. The molecule has 0 unspecified atom stereocenters. The van der Waals surface area contributed by atoms with Gasteiger partial charge in [-0.25, -0.2) is 8.42 Å². The van der Waals surface area contributed by atoms with E-state index >= 15 is 0 Å². The third kappa shape index (κ3) is 6.85. The topological polar surface area (TPSA) is 86.8 Å². The van der Waals surface area contributed by atoms with Crippen LogP contribution in [0, 0.1) is 0 Å². The minimum atomic E-state index is -3.81. The predicted molar refractivity (Wildman–Crippen MR) is 124 cm³/mol. The summed E-state index contributed by atoms with van der Waals surface area (Å²) in [5.41, 5.74) is 1.20. The SMILES string of the molecule is CNC(=O)[C@@H](C)N(CCc1ccccc1)C(=O)CN(c1ccc(Cl)c(Cl)c1)S(C)(=O)=O. The zero-order valence-electron chi connectivity index (χ0n) is 17.5. The van der Waals surface area contributed by atoms with Crippen molar-refractivity contribution in [2.75, 3.05) is 30.7 Å². The number of nitrogens with zero attached hydrogens (tertiary/aromatic N) is 2. The van der Waals surface area contributed by atoms with E-state index in [4.69, 9.17) is 23.2 Å². The van der Waals surface area contributed by atoms with Crippen molar-refractivity contribution < 1.29 is 18.0 Å². The van der Waals surface area contributed by atoms with E-state index in [9.17, 15) is 18.0 Å². The Bertz CT molecular complexity index is 1030. The summed E-state index contributed by atoms with van der Waals surface area (Å²) >= 11 is 12.0. The molecule has 0 bridgehead atoms. The number of benzene rings is 2. The van der Waals surface area contributed by atoms with Gasteiger partial charge in [0.25, 0.3) is 0 Å². The molecule has 2 aromatic carbocycles. The van der Waals surface area contributed by atoms with Crippen molar-refractivity contribution in [1.82, 2.24) is 10.2 Å². The molecule has 0 fully saturated rings. The van der Waals surface area contributed by atoms with E-state index in [0.29, 0.717) is 6.42 Å². The Hall–Kier alpha value is -2.29. The number of hydrogen-bond acceptors (Lipinski definition) is 4. The van der Waals surface area contributed by atoms with Gasteiger partial charge < -0.3 is 10.2 Å². The van der Waals surface area contributed by atoms with Gasteiger partial charge in [0.05, 0.1) is 22.0 Å². The highest BCUT2D eigenvalue weighted by Crippen LogP contribution is 2.28. The standard InChI is InChI=1S/C21H25Cl2N3O4S/c1-15(21(28)24-2)25(12-11-16-7-5-4-6-8-16)20(27)14-26(31(3,29)30)17-9-10-18(22)19(23)13-17/h4-10,13,15H,11-12,14H2,1-3H3,(H,24,28)/t15-/m1/s1. The van der Waals surface area contributed by atoms with Crippen molar-refractivity contribution in [2.24, 2.45) is 0 Å². The summed E-state index contributed by atoms with van der Waals surface area (Å²) in [6, 6.07) is 13.0. The first-order chi connectivity index (χ1) is 14.5. The summed E-state index contributed by atoms with van der Waals surface area (Å²) in [5, 5.41) is 2.96. The van der Waals surface area contributed by atoms with Crippen LogP contribution in [0.3, 0.4) is 0 Å². The molecule has 0 saturated carbocycles. The van der Waals surface area contributed by atoms with Gasteiger partial charge in [-0.15, -0.1) is 0 Å². The van der Waals surface area contributed by atoms with Crippen LogP contribution < -0.4 is 9.62 Å². The Balaban J connectivity index is 2.31. The van der Waals surface area contributed by atoms with Crippen LogP contribution in [0.4, 0.5) is 5.69 Å². The van der Waals surface area contributed by atoms with Crippen LogP contribution in [0.25, 0.3) is 0 Å². The van der Waals surface area contributed by atoms with Gasteiger partial charge in [0, 0.05) is 13.6 Å². The number of rotatable bonds is 9. The monoisotopic (exact) mass is 485 g/mol. The predicted octanol–water partition coefficient (Wildman–Crippen LogP) is 2.97. The molecule has 0 spiro atoms. The van der Waals surface area contributed by atoms with Crippen LogP contribution in [-0.2, 0) is 26.0 Å². The molecule has 0 saturated heterocycles. The van der Waals surface area contributed by atoms with Crippen molar-refractivity contribution in [3.8, 4) is 0 Å². The molecule has 10 heteroatoms. The molecule has 0 heterocycles. The Morgan fingerprint density at radius 3 is 2.26 bits per heavy atom. The fraction of sp³-hybridized carbons (Fsp3) is 0.333. The fourth-order valence-electron chi connectivity index (χ4n) is 3.03. The van der Waals surface area contributed by atoms with Crippen LogP contribution in [0.2, 0.25) is 10.0 Å². The lowest BCUT2D eigenvalue weighted by Crippen LogP contribution is -2.51. The van der Waals surface area contributed by atoms with Crippen LogP contribution in [-0.4, -0.2) is 57.6 Å². The Morgan fingerprint density at radius 2 is 1.71 bits per heavy atom. The van der Waals surface area contributed by atoms with Crippen molar-refractivity contribution in [3.63, 3.8) is 0 Å². The minimum Gasteiger partial charge on any atom is -0.357 e. The van der Waals surface area contributed by atoms with Gasteiger partial charge in [0.1, 0.15) is 12.6 Å². The number of sulfonamides is 1. The van der Waals surface area contributed by atoms with Crippen LogP contribution in [0.5, 0.6) is 0 Å². The van der Waals surface area contributed by atoms with E-state index in [1.807, 2.05) is 30.3 Å². The maximum atomic E-state index is 13.2. The molecule has 0 aliphatic carbocycles. The number of likely N-dealkylation sites (N-methyl/N-ethyl adjacent to an activating group) is 1. The molecule has 1 N–H and O–H groups in total. The number of anilines is 1. The maximum absolute atomic E-state index is 13.2. The molecule has 0 aliphatic rings. The van der Waals surface area contributed by atoms with E-state index in [1.54, 1.807) is 6.92 Å². The number of carbonyl (C=O) groups excluding carboxylic acids is 2. The molecule has 2 rings (SSSR count). The second-order valence-corrected chi connectivity index (χ2v) is 9.70. The van der Waals surface area contributed by atoms with E-state index in [-0.39, 0.29) is 28.2 Å². The van der Waals surface area contributed by atoms with Crippen molar-refractivity contribution in [2.45, 2.75) is 19.4 Å². The lowest BCUT2D eigenvalue weighted by atomic mass is 10.1. The molecular weight excluding hydrogens is 461 g/mol. The second kappa shape index (κ2) is 10.8. The van der Waals surface area contributed by atoms with Gasteiger partial charge in [-0.05, 0) is 37.1 Å². The van der Waals surface area contributed by atoms with Crippen molar-refractivity contribution in [1.29, 1.82) is 0 Å². The van der Waals surface area contributed by atoms with Gasteiger partial charge in [-0.3, -0.25) is 13.9 Å². The normalized spacial score (nSPS) is 12.2. The summed E-state index contributed by atoms with van der Waals surface area (Å²) in [5.74, 6) is -0.856. The summed E-state index contributed by atoms with van der Waals surface area (Å²) in [4.78, 5) is 26.8. The fourth-order valence-corrected chi connectivity index (χ4v) is 4.17. The summed E-state index contributed by atoms with van der Waals surface area (Å²) < 4.78 is 25.8. The van der Waals surface area contributed by atoms with E-state index in [0.717, 1.165) is 16.1 Å². The van der Waals surface area contributed by atoms with Gasteiger partial charge in [-0.1, -0.05) is 53.5 Å². The quantitative estimate of drug-likeness (QED) is 0.591. The first-order valence-electron chi connectivity index (χ1n) is 9.52. The first-order valence-corrected chi connectivity index (χ1v) is 12.1. The zero-order valence-corrected chi connectivity index (χ0v) is 19.8. The van der Waals surface area contributed by atoms with Gasteiger partial charge in [0.15, 0.2) is 0 Å². The Morgan fingerprint density at radius 1 is 1.06 bits per heavy atom. The molecular formula is C21H25Cl2N3O4S. The van der Waals surface area contributed by atoms with Crippen LogP contribution in [0.1, 0.15) is 12.5 Å². The number of amides is 2. The zero-order chi connectivity index (χ0) is 23.2. The summed E-state index contributed by atoms with van der Waals surface area (Å²) in [6.45, 7) is 1.37. The summed E-state index contributed by atoms with van der Waals surface area (Å²) in [7, 11) is -2.33. The molecule has 168 valence electrons. The third-order valence-corrected chi connectivity index (χ3v) is 6.65. The number of carbonyl (C=O) groups is 2. The Labute approximate surface area is 193 Å². The van der Waals surface area contributed by atoms with Crippen molar-refractivity contribution in [3.05, 3.63) is 64.1 Å². The van der Waals surface area contributed by atoms with Crippen LogP contribution >= 0.6 is 23.2 Å². The maximum Gasteiger partial charge on any atom is 0.244 e. The molecule has 31 heavy (non-hydrogen) atoms. The third-order valence-electron chi connectivity index (χ3n) is 4.77. The molecule has 7 nitrogen and oxygen atoms in total. The smallest absolute Gasteiger partial charge is 0.244 e. The molecule has 0 aliphatic heterocycles. The van der Waals surface area contributed by atoms with E-state index < -0.39 is 28.5 Å². The molecule has 0 aromatic heterocycles. The number of nitrogens with one attached hydrogen (secondary N) is 1. The molecule has 2 amide bonds. The lowest BCUT2D eigenvalue weighted by Gasteiger charge is -2.31. The van der Waals surface area contributed by atoms with Gasteiger partial charge >= 0.3 is 0 Å². The highest BCUT2D eigenvalue weighted by Gasteiger charge is 2.29. The van der Waals surface area contributed by atoms with Crippen LogP contribution in [0.15, 0.2) is 48.5 Å².